The number of aromatic nitrogens is 2. The monoisotopic (exact) mass is 366 g/mol. The zero-order chi connectivity index (χ0) is 18.6. The third-order valence-corrected chi connectivity index (χ3v) is 4.70. The van der Waals surface area contributed by atoms with Crippen molar-refractivity contribution in [2.45, 2.75) is 12.8 Å². The molecule has 7 nitrogen and oxygen atoms in total. The van der Waals surface area contributed by atoms with Crippen molar-refractivity contribution in [3.05, 3.63) is 54.2 Å². The molecule has 1 saturated heterocycles. The lowest BCUT2D eigenvalue weighted by atomic mass is 10.2. The van der Waals surface area contributed by atoms with Gasteiger partial charge in [0.05, 0.1) is 24.4 Å². The normalized spacial score (nSPS) is 16.3. The summed E-state index contributed by atoms with van der Waals surface area (Å²) in [5.74, 6) is 0.589. The number of hydrogen-bond donors (Lipinski definition) is 1. The van der Waals surface area contributed by atoms with Gasteiger partial charge in [-0.3, -0.25) is 9.69 Å². The second-order valence-electron chi connectivity index (χ2n) is 6.53. The van der Waals surface area contributed by atoms with E-state index in [4.69, 9.17) is 15.2 Å². The van der Waals surface area contributed by atoms with Crippen LogP contribution in [-0.2, 0) is 16.1 Å². The Bertz CT molecular complexity index is 920. The van der Waals surface area contributed by atoms with E-state index in [0.29, 0.717) is 44.3 Å². The smallest absolute Gasteiger partial charge is 0.160 e. The molecule has 0 radical (unpaired) electrons. The van der Waals surface area contributed by atoms with Crippen LogP contribution in [0.1, 0.15) is 11.7 Å². The molecule has 1 unspecified atom stereocenters. The first-order valence-corrected chi connectivity index (χ1v) is 8.97. The molecule has 2 N–H and O–H groups in total. The highest BCUT2D eigenvalue weighted by Gasteiger charge is 2.23. The number of aldehydes is 1. The molecule has 0 spiro atoms. The van der Waals surface area contributed by atoms with Crippen LogP contribution in [0.3, 0.4) is 0 Å². The molecule has 140 valence electrons. The Balaban J connectivity index is 1.57. The summed E-state index contributed by atoms with van der Waals surface area (Å²) < 4.78 is 12.9. The molecule has 0 amide bonds. The van der Waals surface area contributed by atoms with Crippen LogP contribution >= 0.6 is 0 Å². The summed E-state index contributed by atoms with van der Waals surface area (Å²) in [6.45, 7) is 3.08. The van der Waals surface area contributed by atoms with Gasteiger partial charge in [-0.15, -0.1) is 0 Å². The summed E-state index contributed by atoms with van der Waals surface area (Å²) in [6.07, 6.45) is 2.31. The Kier molecular flexibility index (Phi) is 5.04. The van der Waals surface area contributed by atoms with Crippen LogP contribution in [0.25, 0.3) is 10.9 Å². The van der Waals surface area contributed by atoms with E-state index in [-0.39, 0.29) is 0 Å². The molecule has 0 aliphatic carbocycles. The minimum Gasteiger partial charge on any atom is -0.487 e. The van der Waals surface area contributed by atoms with Gasteiger partial charge in [0.1, 0.15) is 12.4 Å². The standard InChI is InChI=1S/C20H22N4O3/c21-17-10-16-12-24(20(13-25)23-6-8-26-9-7-23)22-18(16)11-19(17)27-14-15-4-2-1-3-5-15/h1-5,10-13,20H,6-9,14,21H2. The SMILES string of the molecule is Nc1cc2cn(C(C=O)N3CCOCC3)nc2cc1OCc1ccccc1. The molecule has 4 rings (SSSR count). The summed E-state index contributed by atoms with van der Waals surface area (Å²) in [7, 11) is 0. The number of nitrogens with zero attached hydrogens (tertiary/aromatic N) is 3. The number of carbonyl (C=O) groups excluding carboxylic acids is 1. The van der Waals surface area contributed by atoms with Gasteiger partial charge >= 0.3 is 0 Å². The number of nitrogens with two attached hydrogens (primary N) is 1. The minimum absolute atomic E-state index is 0.433. The van der Waals surface area contributed by atoms with Crippen molar-refractivity contribution in [3.8, 4) is 5.75 Å². The van der Waals surface area contributed by atoms with E-state index in [1.165, 1.54) is 0 Å². The van der Waals surface area contributed by atoms with Gasteiger partial charge in [-0.2, -0.15) is 5.10 Å². The summed E-state index contributed by atoms with van der Waals surface area (Å²) in [5, 5.41) is 5.46. The second kappa shape index (κ2) is 7.77. The van der Waals surface area contributed by atoms with Gasteiger partial charge < -0.3 is 15.2 Å². The Morgan fingerprint density at radius 2 is 2.00 bits per heavy atom. The highest BCUT2D eigenvalue weighted by molar-refractivity contribution is 5.85. The molecular weight excluding hydrogens is 344 g/mol. The number of fused-ring (bicyclic) bond motifs is 1. The first kappa shape index (κ1) is 17.5. The molecule has 0 bridgehead atoms. The van der Waals surface area contributed by atoms with E-state index in [0.717, 1.165) is 22.8 Å². The van der Waals surface area contributed by atoms with Gasteiger partial charge in [0, 0.05) is 30.7 Å². The number of morpholine rings is 1. The van der Waals surface area contributed by atoms with Crippen LogP contribution in [0.2, 0.25) is 0 Å². The fourth-order valence-corrected chi connectivity index (χ4v) is 3.24. The van der Waals surface area contributed by atoms with Crippen LogP contribution in [0.5, 0.6) is 5.75 Å². The van der Waals surface area contributed by atoms with Gasteiger partial charge in [-0.1, -0.05) is 30.3 Å². The largest absolute Gasteiger partial charge is 0.487 e. The fourth-order valence-electron chi connectivity index (χ4n) is 3.24. The summed E-state index contributed by atoms with van der Waals surface area (Å²) in [4.78, 5) is 13.7. The Morgan fingerprint density at radius 3 is 2.74 bits per heavy atom. The predicted octanol–water partition coefficient (Wildman–Crippen LogP) is 2.23. The minimum atomic E-state index is -0.448. The number of rotatable bonds is 6. The molecular formula is C20H22N4O3. The van der Waals surface area contributed by atoms with E-state index < -0.39 is 6.17 Å². The van der Waals surface area contributed by atoms with E-state index in [2.05, 4.69) is 10.00 Å². The zero-order valence-electron chi connectivity index (χ0n) is 15.0. The van der Waals surface area contributed by atoms with Crippen molar-refractivity contribution in [1.29, 1.82) is 0 Å². The van der Waals surface area contributed by atoms with Crippen LogP contribution in [0, 0.1) is 0 Å². The number of anilines is 1. The topological polar surface area (TPSA) is 82.6 Å². The van der Waals surface area contributed by atoms with Crippen LogP contribution in [0.15, 0.2) is 48.7 Å². The van der Waals surface area contributed by atoms with Crippen LogP contribution in [-0.4, -0.2) is 47.3 Å². The number of hydrogen-bond acceptors (Lipinski definition) is 6. The molecule has 7 heteroatoms. The van der Waals surface area contributed by atoms with E-state index in [1.807, 2.05) is 48.7 Å². The summed E-state index contributed by atoms with van der Waals surface area (Å²) in [6, 6.07) is 13.6. The predicted molar refractivity (Wildman–Crippen MR) is 102 cm³/mol. The van der Waals surface area contributed by atoms with Crippen molar-refractivity contribution >= 4 is 22.9 Å². The first-order valence-electron chi connectivity index (χ1n) is 8.97. The maximum atomic E-state index is 11.7. The number of nitrogen functional groups attached to an aromatic ring is 1. The van der Waals surface area contributed by atoms with Crippen molar-refractivity contribution < 1.29 is 14.3 Å². The zero-order valence-corrected chi connectivity index (χ0v) is 15.0. The average Bonchev–Trinajstić information content (AvgIpc) is 3.10. The number of ether oxygens (including phenoxy) is 2. The van der Waals surface area contributed by atoms with Gasteiger partial charge in [-0.25, -0.2) is 4.68 Å². The Hall–Kier alpha value is -2.90. The third kappa shape index (κ3) is 3.79. The highest BCUT2D eigenvalue weighted by atomic mass is 16.5. The molecule has 2 heterocycles. The van der Waals surface area contributed by atoms with Gasteiger partial charge in [0.15, 0.2) is 12.5 Å². The second-order valence-corrected chi connectivity index (χ2v) is 6.53. The molecule has 1 aliphatic heterocycles. The molecule has 1 fully saturated rings. The molecule has 3 aromatic rings. The van der Waals surface area contributed by atoms with Crippen molar-refractivity contribution in [2.24, 2.45) is 0 Å². The van der Waals surface area contributed by atoms with Crippen LogP contribution in [0.4, 0.5) is 5.69 Å². The van der Waals surface area contributed by atoms with Gasteiger partial charge in [-0.05, 0) is 11.6 Å². The number of carbonyl (C=O) groups is 1. The maximum absolute atomic E-state index is 11.7. The molecule has 1 atom stereocenters. The van der Waals surface area contributed by atoms with E-state index in [1.54, 1.807) is 4.68 Å². The van der Waals surface area contributed by atoms with Crippen molar-refractivity contribution in [1.82, 2.24) is 14.7 Å². The van der Waals surface area contributed by atoms with Gasteiger partial charge in [0.2, 0.25) is 0 Å². The lowest BCUT2D eigenvalue weighted by molar-refractivity contribution is -0.118. The molecule has 27 heavy (non-hydrogen) atoms. The van der Waals surface area contributed by atoms with Gasteiger partial charge in [0.25, 0.3) is 0 Å². The van der Waals surface area contributed by atoms with E-state index >= 15 is 0 Å². The molecule has 0 saturated carbocycles. The van der Waals surface area contributed by atoms with E-state index in [9.17, 15) is 4.79 Å². The third-order valence-electron chi connectivity index (χ3n) is 4.70. The van der Waals surface area contributed by atoms with Crippen molar-refractivity contribution in [2.75, 3.05) is 32.0 Å². The van der Waals surface area contributed by atoms with Crippen LogP contribution < -0.4 is 10.5 Å². The summed E-state index contributed by atoms with van der Waals surface area (Å²) in [5.41, 5.74) is 8.51. The maximum Gasteiger partial charge on any atom is 0.160 e. The average molecular weight is 366 g/mol. The number of benzene rings is 2. The van der Waals surface area contributed by atoms with Crippen molar-refractivity contribution in [3.63, 3.8) is 0 Å². The lowest BCUT2D eigenvalue weighted by Crippen LogP contribution is -2.42. The summed E-state index contributed by atoms with van der Waals surface area (Å²) >= 11 is 0. The molecule has 2 aromatic carbocycles. The quantitative estimate of drug-likeness (QED) is 0.532. The fraction of sp³-hybridized carbons (Fsp3) is 0.300. The molecule has 1 aliphatic rings. The Morgan fingerprint density at radius 1 is 1.22 bits per heavy atom. The first-order chi connectivity index (χ1) is 13.2. The Labute approximate surface area is 157 Å². The lowest BCUT2D eigenvalue weighted by Gasteiger charge is -2.31. The molecule has 1 aromatic heterocycles. The highest BCUT2D eigenvalue weighted by Crippen LogP contribution is 2.29.